The Morgan fingerprint density at radius 2 is 2.27 bits per heavy atom. The summed E-state index contributed by atoms with van der Waals surface area (Å²) in [6.45, 7) is 4.00. The zero-order valence-electron chi connectivity index (χ0n) is 8.84. The van der Waals surface area contributed by atoms with Crippen molar-refractivity contribution in [3.05, 3.63) is 18.2 Å². The van der Waals surface area contributed by atoms with Gasteiger partial charge in [-0.05, 0) is 32.9 Å². The number of aromatic nitrogens is 2. The molecule has 2 heterocycles. The van der Waals surface area contributed by atoms with E-state index in [-0.39, 0.29) is 11.4 Å². The second kappa shape index (κ2) is 4.02. The molecule has 2 rings (SSSR count). The van der Waals surface area contributed by atoms with Crippen molar-refractivity contribution in [3.63, 3.8) is 0 Å². The zero-order valence-corrected chi connectivity index (χ0v) is 8.84. The third-order valence-corrected chi connectivity index (χ3v) is 2.87. The highest BCUT2D eigenvalue weighted by Gasteiger charge is 2.28. The molecule has 1 aromatic heterocycles. The summed E-state index contributed by atoms with van der Waals surface area (Å²) < 4.78 is 0. The van der Waals surface area contributed by atoms with Crippen LogP contribution in [0.4, 0.5) is 0 Å². The standard InChI is InChI=1S/C10H16N4O/c1-10(2-4-11-5-3-10)14-9(15)8-6-12-7-13-8/h6-7,11H,2-5H2,1H3,(H,12,13)(H,14,15). The van der Waals surface area contributed by atoms with Crippen LogP contribution < -0.4 is 10.6 Å². The van der Waals surface area contributed by atoms with Crippen LogP contribution in [0.1, 0.15) is 30.3 Å². The van der Waals surface area contributed by atoms with Crippen LogP contribution in [-0.2, 0) is 0 Å². The lowest BCUT2D eigenvalue weighted by atomic mass is 9.90. The maximum absolute atomic E-state index is 11.8. The Labute approximate surface area is 88.7 Å². The quantitative estimate of drug-likeness (QED) is 0.654. The minimum atomic E-state index is -0.0898. The minimum absolute atomic E-state index is 0.0723. The summed E-state index contributed by atoms with van der Waals surface area (Å²) in [5, 5.41) is 6.32. The number of aromatic amines is 1. The number of hydrogen-bond acceptors (Lipinski definition) is 3. The van der Waals surface area contributed by atoms with Crippen molar-refractivity contribution in [2.45, 2.75) is 25.3 Å². The van der Waals surface area contributed by atoms with E-state index in [1.165, 1.54) is 6.33 Å². The first-order chi connectivity index (χ1) is 7.20. The summed E-state index contributed by atoms with van der Waals surface area (Å²) in [6.07, 6.45) is 4.99. The smallest absolute Gasteiger partial charge is 0.269 e. The van der Waals surface area contributed by atoms with Gasteiger partial charge in [0.05, 0.1) is 12.5 Å². The highest BCUT2D eigenvalue weighted by molar-refractivity contribution is 5.92. The molecule has 1 aliphatic heterocycles. The van der Waals surface area contributed by atoms with Gasteiger partial charge in [0.25, 0.3) is 5.91 Å². The molecule has 0 unspecified atom stereocenters. The van der Waals surface area contributed by atoms with Gasteiger partial charge in [0.1, 0.15) is 5.69 Å². The molecule has 82 valence electrons. The van der Waals surface area contributed by atoms with Crippen LogP contribution in [0, 0.1) is 0 Å². The molecule has 5 heteroatoms. The van der Waals surface area contributed by atoms with Gasteiger partial charge < -0.3 is 15.6 Å². The van der Waals surface area contributed by atoms with Crippen molar-refractivity contribution in [3.8, 4) is 0 Å². The second-order valence-corrected chi connectivity index (χ2v) is 4.23. The minimum Gasteiger partial charge on any atom is -0.345 e. The van der Waals surface area contributed by atoms with Gasteiger partial charge in [-0.2, -0.15) is 0 Å². The van der Waals surface area contributed by atoms with Crippen molar-refractivity contribution in [1.29, 1.82) is 0 Å². The van der Waals surface area contributed by atoms with Gasteiger partial charge in [0.15, 0.2) is 0 Å². The van der Waals surface area contributed by atoms with E-state index in [2.05, 4.69) is 27.5 Å². The van der Waals surface area contributed by atoms with Crippen molar-refractivity contribution >= 4 is 5.91 Å². The maximum atomic E-state index is 11.8. The van der Waals surface area contributed by atoms with Gasteiger partial charge in [-0.1, -0.05) is 0 Å². The molecule has 0 atom stereocenters. The molecule has 0 saturated carbocycles. The van der Waals surface area contributed by atoms with Crippen LogP contribution in [0.2, 0.25) is 0 Å². The molecule has 0 bridgehead atoms. The molecular weight excluding hydrogens is 192 g/mol. The van der Waals surface area contributed by atoms with E-state index in [4.69, 9.17) is 0 Å². The van der Waals surface area contributed by atoms with Crippen molar-refractivity contribution in [2.24, 2.45) is 0 Å². The number of nitrogens with zero attached hydrogens (tertiary/aromatic N) is 1. The molecule has 1 aromatic rings. The first-order valence-corrected chi connectivity index (χ1v) is 5.21. The molecule has 3 N–H and O–H groups in total. The average Bonchev–Trinajstić information content (AvgIpc) is 2.70. The van der Waals surface area contributed by atoms with Crippen molar-refractivity contribution < 1.29 is 4.79 Å². The van der Waals surface area contributed by atoms with Crippen LogP contribution in [0.3, 0.4) is 0 Å². The zero-order chi connectivity index (χ0) is 10.7. The lowest BCUT2D eigenvalue weighted by Gasteiger charge is -2.34. The largest absolute Gasteiger partial charge is 0.345 e. The number of hydrogen-bond donors (Lipinski definition) is 3. The van der Waals surface area contributed by atoms with E-state index in [1.807, 2.05) is 0 Å². The molecule has 0 aliphatic carbocycles. The van der Waals surface area contributed by atoms with E-state index in [1.54, 1.807) is 6.20 Å². The fourth-order valence-electron chi connectivity index (χ4n) is 1.83. The van der Waals surface area contributed by atoms with Gasteiger partial charge >= 0.3 is 0 Å². The number of piperidine rings is 1. The van der Waals surface area contributed by atoms with Crippen LogP contribution in [0.15, 0.2) is 12.5 Å². The Hall–Kier alpha value is -1.36. The van der Waals surface area contributed by atoms with Crippen LogP contribution in [0.25, 0.3) is 0 Å². The lowest BCUT2D eigenvalue weighted by Crippen LogP contribution is -2.52. The summed E-state index contributed by atoms with van der Waals surface area (Å²) in [5.41, 5.74) is 0.433. The first-order valence-electron chi connectivity index (χ1n) is 5.21. The van der Waals surface area contributed by atoms with E-state index in [0.717, 1.165) is 25.9 Å². The first kappa shape index (κ1) is 10.2. The molecule has 1 saturated heterocycles. The topological polar surface area (TPSA) is 69.8 Å². The number of nitrogens with one attached hydrogen (secondary N) is 3. The third kappa shape index (κ3) is 2.36. The molecule has 0 spiro atoms. The van der Waals surface area contributed by atoms with E-state index in [0.29, 0.717) is 5.69 Å². The van der Waals surface area contributed by atoms with E-state index < -0.39 is 0 Å². The predicted molar refractivity (Wildman–Crippen MR) is 56.6 cm³/mol. The number of H-pyrrole nitrogens is 1. The number of imidazole rings is 1. The normalized spacial score (nSPS) is 19.8. The Morgan fingerprint density at radius 3 is 2.87 bits per heavy atom. The highest BCUT2D eigenvalue weighted by atomic mass is 16.2. The molecule has 1 amide bonds. The van der Waals surface area contributed by atoms with E-state index >= 15 is 0 Å². The second-order valence-electron chi connectivity index (χ2n) is 4.23. The Bertz CT molecular complexity index is 327. The van der Waals surface area contributed by atoms with Crippen LogP contribution in [0.5, 0.6) is 0 Å². The maximum Gasteiger partial charge on any atom is 0.269 e. The third-order valence-electron chi connectivity index (χ3n) is 2.87. The Balaban J connectivity index is 1.98. The van der Waals surface area contributed by atoms with Gasteiger partial charge in [-0.3, -0.25) is 4.79 Å². The van der Waals surface area contributed by atoms with Gasteiger partial charge in [0.2, 0.25) is 0 Å². The molecule has 1 fully saturated rings. The van der Waals surface area contributed by atoms with Gasteiger partial charge in [-0.15, -0.1) is 0 Å². The Morgan fingerprint density at radius 1 is 1.53 bits per heavy atom. The summed E-state index contributed by atoms with van der Waals surface area (Å²) in [4.78, 5) is 18.4. The van der Waals surface area contributed by atoms with E-state index in [9.17, 15) is 4.79 Å². The summed E-state index contributed by atoms with van der Waals surface area (Å²) >= 11 is 0. The molecule has 15 heavy (non-hydrogen) atoms. The number of rotatable bonds is 2. The fraction of sp³-hybridized carbons (Fsp3) is 0.600. The predicted octanol–water partition coefficient (Wildman–Crippen LogP) is 0.282. The van der Waals surface area contributed by atoms with Crippen LogP contribution in [-0.4, -0.2) is 34.5 Å². The summed E-state index contributed by atoms with van der Waals surface area (Å²) in [5.74, 6) is -0.0723. The molecule has 1 aliphatic rings. The van der Waals surface area contributed by atoms with Crippen molar-refractivity contribution in [1.82, 2.24) is 20.6 Å². The van der Waals surface area contributed by atoms with Crippen molar-refractivity contribution in [2.75, 3.05) is 13.1 Å². The SMILES string of the molecule is CC1(NC(=O)c2cnc[nH]2)CCNCC1. The molecule has 5 nitrogen and oxygen atoms in total. The monoisotopic (exact) mass is 208 g/mol. The summed E-state index contributed by atoms with van der Waals surface area (Å²) in [6, 6.07) is 0. The average molecular weight is 208 g/mol. The van der Waals surface area contributed by atoms with Gasteiger partial charge in [0, 0.05) is 5.54 Å². The molecule has 0 radical (unpaired) electrons. The lowest BCUT2D eigenvalue weighted by molar-refractivity contribution is 0.0883. The Kier molecular flexibility index (Phi) is 2.73. The summed E-state index contributed by atoms with van der Waals surface area (Å²) in [7, 11) is 0. The molecular formula is C10H16N4O. The number of amides is 1. The number of carbonyl (C=O) groups excluding carboxylic acids is 1. The fourth-order valence-corrected chi connectivity index (χ4v) is 1.83. The molecule has 0 aromatic carbocycles. The number of carbonyl (C=O) groups is 1. The highest BCUT2D eigenvalue weighted by Crippen LogP contribution is 2.17. The van der Waals surface area contributed by atoms with Crippen LogP contribution >= 0.6 is 0 Å². The van der Waals surface area contributed by atoms with Gasteiger partial charge in [-0.25, -0.2) is 4.98 Å².